The molecule has 0 fully saturated rings. The van der Waals surface area contributed by atoms with Crippen LogP contribution in [0.1, 0.15) is 251 Å². The van der Waals surface area contributed by atoms with Gasteiger partial charge in [0.1, 0.15) is 6.61 Å². The number of aliphatic carboxylic acids is 1. The topological polar surface area (TPSA) is 99.1 Å². The number of carboxylic acid groups (broad SMARTS) is 1. The maximum absolute atomic E-state index is 12.8. The minimum Gasteiger partial charge on any atom is -0.477 e. The number of rotatable bonds is 51. The molecule has 2 unspecified atom stereocenters. The zero-order valence-corrected chi connectivity index (χ0v) is 45.1. The van der Waals surface area contributed by atoms with Crippen LogP contribution in [0.3, 0.4) is 0 Å². The van der Waals surface area contributed by atoms with Crippen LogP contribution in [-0.2, 0) is 28.6 Å². The van der Waals surface area contributed by atoms with E-state index in [1.165, 1.54) is 154 Å². The maximum atomic E-state index is 12.8. The van der Waals surface area contributed by atoms with Crippen LogP contribution in [0.5, 0.6) is 0 Å². The number of hydrogen-bond acceptors (Lipinski definition) is 6. The van der Waals surface area contributed by atoms with Gasteiger partial charge in [0.15, 0.2) is 12.1 Å². The molecule has 68 heavy (non-hydrogen) atoms. The van der Waals surface area contributed by atoms with Crippen molar-refractivity contribution in [3.05, 3.63) is 60.8 Å². The Balaban J connectivity index is 4.19. The predicted octanol–water partition coefficient (Wildman–Crippen LogP) is 16.9. The van der Waals surface area contributed by atoms with Crippen molar-refractivity contribution in [2.45, 2.75) is 264 Å². The standard InChI is InChI=1S/C60H107NO7/c1-6-8-10-12-14-16-18-20-22-24-26-28-29-31-32-34-36-38-40-42-44-46-48-50-58(62)67-55-56(54-66-53-52-57(60(64)65)61(3,4)5)68-59(63)51-49-47-45-43-41-39-37-35-33-30-27-25-23-21-19-17-15-13-11-9-7-2/h8,10,14,16,20,22,26,28,30,33,56-57H,6-7,9,11-13,15,17-19,21,23-25,27,29,31-32,34-55H2,1-5H3/p+1/b10-8+,16-14+,22-20+,28-26+,33-30+. The van der Waals surface area contributed by atoms with E-state index >= 15 is 0 Å². The molecule has 0 aliphatic heterocycles. The highest BCUT2D eigenvalue weighted by Crippen LogP contribution is 2.16. The van der Waals surface area contributed by atoms with Gasteiger partial charge in [0.05, 0.1) is 34.4 Å². The largest absolute Gasteiger partial charge is 0.477 e. The minimum atomic E-state index is -0.875. The van der Waals surface area contributed by atoms with E-state index in [-0.39, 0.29) is 36.2 Å². The molecule has 0 rings (SSSR count). The van der Waals surface area contributed by atoms with Crippen molar-refractivity contribution in [3.63, 3.8) is 0 Å². The number of carbonyl (C=O) groups excluding carboxylic acids is 2. The second kappa shape index (κ2) is 50.4. The van der Waals surface area contributed by atoms with Gasteiger partial charge in [-0.25, -0.2) is 4.79 Å². The van der Waals surface area contributed by atoms with Gasteiger partial charge in [-0.1, -0.05) is 216 Å². The average molecular weight is 956 g/mol. The molecule has 0 aromatic heterocycles. The lowest BCUT2D eigenvalue weighted by Crippen LogP contribution is -2.50. The Morgan fingerprint density at radius 1 is 0.456 bits per heavy atom. The molecule has 0 bridgehead atoms. The van der Waals surface area contributed by atoms with Gasteiger partial charge in [0.25, 0.3) is 0 Å². The van der Waals surface area contributed by atoms with E-state index < -0.39 is 18.1 Å². The van der Waals surface area contributed by atoms with Crippen LogP contribution in [0.2, 0.25) is 0 Å². The second-order valence-corrected chi connectivity index (χ2v) is 20.2. The Labute approximate surface area is 419 Å². The van der Waals surface area contributed by atoms with Gasteiger partial charge in [-0.05, 0) is 77.0 Å². The Morgan fingerprint density at radius 2 is 0.824 bits per heavy atom. The highest BCUT2D eigenvalue weighted by Gasteiger charge is 2.31. The first-order valence-corrected chi connectivity index (χ1v) is 28.3. The van der Waals surface area contributed by atoms with Crippen LogP contribution in [0.15, 0.2) is 60.8 Å². The van der Waals surface area contributed by atoms with Crippen molar-refractivity contribution in [2.24, 2.45) is 0 Å². The van der Waals surface area contributed by atoms with Gasteiger partial charge >= 0.3 is 17.9 Å². The number of likely N-dealkylation sites (N-methyl/N-ethyl adjacent to an activating group) is 1. The molecule has 0 spiro atoms. The summed E-state index contributed by atoms with van der Waals surface area (Å²) in [6.45, 7) is 4.65. The summed E-state index contributed by atoms with van der Waals surface area (Å²) in [5.41, 5.74) is 0. The second-order valence-electron chi connectivity index (χ2n) is 20.2. The van der Waals surface area contributed by atoms with Crippen molar-refractivity contribution in [1.29, 1.82) is 0 Å². The number of carboxylic acids is 1. The van der Waals surface area contributed by atoms with Gasteiger partial charge in [0, 0.05) is 19.3 Å². The minimum absolute atomic E-state index is 0.0554. The third kappa shape index (κ3) is 48.1. The lowest BCUT2D eigenvalue weighted by molar-refractivity contribution is -0.887. The normalized spacial score (nSPS) is 13.2. The molecule has 0 radical (unpaired) electrons. The third-order valence-electron chi connectivity index (χ3n) is 12.7. The van der Waals surface area contributed by atoms with E-state index in [9.17, 15) is 19.5 Å². The molecule has 0 saturated heterocycles. The third-order valence-corrected chi connectivity index (χ3v) is 12.7. The van der Waals surface area contributed by atoms with E-state index in [0.29, 0.717) is 19.3 Å². The summed E-state index contributed by atoms with van der Waals surface area (Å²) in [5, 5.41) is 9.68. The number of allylic oxidation sites excluding steroid dienone is 10. The lowest BCUT2D eigenvalue weighted by Gasteiger charge is -2.31. The van der Waals surface area contributed by atoms with E-state index in [4.69, 9.17) is 14.2 Å². The quantitative estimate of drug-likeness (QED) is 0.0281. The fraction of sp³-hybridized carbons (Fsp3) is 0.783. The van der Waals surface area contributed by atoms with Crippen molar-refractivity contribution in [2.75, 3.05) is 41.0 Å². The maximum Gasteiger partial charge on any atom is 0.362 e. The summed E-state index contributed by atoms with van der Waals surface area (Å²) in [6.07, 6.45) is 64.2. The number of ether oxygens (including phenoxy) is 3. The van der Waals surface area contributed by atoms with Crippen LogP contribution in [0.25, 0.3) is 0 Å². The highest BCUT2D eigenvalue weighted by molar-refractivity contribution is 5.72. The van der Waals surface area contributed by atoms with Crippen LogP contribution in [0.4, 0.5) is 0 Å². The van der Waals surface area contributed by atoms with Crippen LogP contribution >= 0.6 is 0 Å². The van der Waals surface area contributed by atoms with E-state index in [0.717, 1.165) is 64.2 Å². The Morgan fingerprint density at radius 3 is 1.24 bits per heavy atom. The van der Waals surface area contributed by atoms with Crippen molar-refractivity contribution < 1.29 is 38.2 Å². The molecule has 0 aliphatic carbocycles. The zero-order chi connectivity index (χ0) is 49.9. The number of unbranched alkanes of at least 4 members (excludes halogenated alkanes) is 27. The number of nitrogens with zero attached hydrogens (tertiary/aromatic N) is 1. The fourth-order valence-corrected chi connectivity index (χ4v) is 8.31. The molecule has 0 aliphatic rings. The molecule has 0 heterocycles. The van der Waals surface area contributed by atoms with E-state index in [1.54, 1.807) is 0 Å². The van der Waals surface area contributed by atoms with Crippen LogP contribution in [-0.4, -0.2) is 80.6 Å². The number of esters is 2. The monoisotopic (exact) mass is 955 g/mol. The first-order chi connectivity index (χ1) is 33.1. The predicted molar refractivity (Wildman–Crippen MR) is 289 cm³/mol. The van der Waals surface area contributed by atoms with Crippen LogP contribution in [0, 0.1) is 0 Å². The summed E-state index contributed by atoms with van der Waals surface area (Å²) in [6, 6.07) is -0.618. The molecule has 1 N–H and O–H groups in total. The van der Waals surface area contributed by atoms with E-state index in [1.807, 2.05) is 21.1 Å². The molecular weight excluding hydrogens is 847 g/mol. The average Bonchev–Trinajstić information content (AvgIpc) is 3.30. The van der Waals surface area contributed by atoms with Crippen molar-refractivity contribution >= 4 is 17.9 Å². The van der Waals surface area contributed by atoms with Crippen LogP contribution < -0.4 is 0 Å². The lowest BCUT2D eigenvalue weighted by atomic mass is 10.1. The first kappa shape index (κ1) is 65.0. The molecule has 394 valence electrons. The Kier molecular flexibility index (Phi) is 48.2. The number of hydrogen-bond donors (Lipinski definition) is 1. The fourth-order valence-electron chi connectivity index (χ4n) is 8.31. The molecular formula is C60H108NO7+. The summed E-state index contributed by atoms with van der Waals surface area (Å²) in [5.74, 6) is -1.47. The summed E-state index contributed by atoms with van der Waals surface area (Å²) >= 11 is 0. The summed E-state index contributed by atoms with van der Waals surface area (Å²) in [7, 11) is 5.54. The number of carbonyl (C=O) groups is 3. The number of quaternary nitrogens is 1. The summed E-state index contributed by atoms with van der Waals surface area (Å²) < 4.78 is 17.4. The molecule has 0 amide bonds. The smallest absolute Gasteiger partial charge is 0.362 e. The van der Waals surface area contributed by atoms with Gasteiger partial charge in [-0.3, -0.25) is 9.59 Å². The molecule has 0 saturated carbocycles. The first-order valence-electron chi connectivity index (χ1n) is 28.3. The van der Waals surface area contributed by atoms with Crippen molar-refractivity contribution in [3.8, 4) is 0 Å². The van der Waals surface area contributed by atoms with Gasteiger partial charge in [-0.2, -0.15) is 0 Å². The van der Waals surface area contributed by atoms with Gasteiger partial charge < -0.3 is 23.8 Å². The van der Waals surface area contributed by atoms with Crippen molar-refractivity contribution in [1.82, 2.24) is 0 Å². The molecule has 8 heteroatoms. The van der Waals surface area contributed by atoms with E-state index in [2.05, 4.69) is 74.6 Å². The SMILES string of the molecule is CC/C=C/C/C=C/C/C=C/C/C=C/CCCCCCCCCCCCC(=O)OCC(COCCC(C(=O)O)[N+](C)(C)C)OC(=O)CCCCCCCCC/C=C/CCCCCCCCCCCC. The molecule has 0 aromatic carbocycles. The summed E-state index contributed by atoms with van der Waals surface area (Å²) in [4.78, 5) is 37.3. The van der Waals surface area contributed by atoms with Gasteiger partial charge in [0.2, 0.25) is 0 Å². The zero-order valence-electron chi connectivity index (χ0n) is 45.1. The molecule has 8 nitrogen and oxygen atoms in total. The van der Waals surface area contributed by atoms with Gasteiger partial charge in [-0.15, -0.1) is 0 Å². The highest BCUT2D eigenvalue weighted by atomic mass is 16.6. The Hall–Kier alpha value is -2.97. The Bertz CT molecular complexity index is 1290. The molecule has 2 atom stereocenters. The molecule has 0 aromatic rings.